The summed E-state index contributed by atoms with van der Waals surface area (Å²) in [4.78, 5) is 24.0. The number of rotatable bonds is 4. The fraction of sp³-hybridized carbons (Fsp3) is 0.158. The molecule has 2 aromatic carbocycles. The minimum Gasteiger partial charge on any atom is -0.486 e. The Hall–Kier alpha value is -3.56. The van der Waals surface area contributed by atoms with Gasteiger partial charge in [-0.3, -0.25) is 4.79 Å². The number of benzene rings is 2. The number of carboxylic acids is 1. The number of pyridine rings is 1. The fourth-order valence-corrected chi connectivity index (χ4v) is 2.83. The lowest BCUT2D eigenvalue weighted by molar-refractivity contribution is 0.0695. The van der Waals surface area contributed by atoms with Crippen LogP contribution in [0.3, 0.4) is 0 Å². The first-order valence-corrected chi connectivity index (χ1v) is 8.25. The van der Waals surface area contributed by atoms with Crippen LogP contribution in [0.25, 0.3) is 16.6 Å². The van der Waals surface area contributed by atoms with Gasteiger partial charge in [-0.25, -0.2) is 18.0 Å². The van der Waals surface area contributed by atoms with E-state index in [2.05, 4.69) is 0 Å². The van der Waals surface area contributed by atoms with Crippen molar-refractivity contribution in [2.75, 3.05) is 5.73 Å². The van der Waals surface area contributed by atoms with Crippen LogP contribution in [0, 0.1) is 23.3 Å². The van der Waals surface area contributed by atoms with E-state index in [1.807, 2.05) is 0 Å². The summed E-state index contributed by atoms with van der Waals surface area (Å²) in [5, 5.41) is 8.74. The first kappa shape index (κ1) is 20.2. The monoisotopic (exact) mass is 410 g/mol. The zero-order valence-electron chi connectivity index (χ0n) is 15.1. The van der Waals surface area contributed by atoms with Crippen molar-refractivity contribution in [3.05, 3.63) is 63.5 Å². The second-order valence-corrected chi connectivity index (χ2v) is 6.44. The molecule has 0 radical (unpaired) electrons. The highest BCUT2D eigenvalue weighted by molar-refractivity contribution is 5.95. The number of nitrogen functional groups attached to an aromatic ring is 1. The van der Waals surface area contributed by atoms with E-state index in [1.54, 1.807) is 0 Å². The van der Waals surface area contributed by atoms with Gasteiger partial charge in [0, 0.05) is 12.3 Å². The van der Waals surface area contributed by atoms with Crippen molar-refractivity contribution >= 4 is 22.6 Å². The molecular weight excluding hydrogens is 396 g/mol. The molecule has 0 bridgehead atoms. The quantitative estimate of drug-likeness (QED) is 0.506. The molecule has 6 nitrogen and oxygen atoms in total. The minimum atomic E-state index is -1.68. The van der Waals surface area contributed by atoms with Gasteiger partial charge in [0.05, 0.1) is 22.9 Å². The van der Waals surface area contributed by atoms with Gasteiger partial charge in [0.1, 0.15) is 22.7 Å². The first-order chi connectivity index (χ1) is 13.5. The summed E-state index contributed by atoms with van der Waals surface area (Å²) in [5.74, 6) is -7.59. The lowest BCUT2D eigenvalue weighted by Gasteiger charge is -2.19. The van der Waals surface area contributed by atoms with Gasteiger partial charge in [0.2, 0.25) is 11.2 Å². The molecule has 3 aromatic rings. The number of nitrogens with zero attached hydrogens (tertiary/aromatic N) is 1. The second-order valence-electron chi connectivity index (χ2n) is 6.44. The van der Waals surface area contributed by atoms with Gasteiger partial charge >= 0.3 is 5.97 Å². The number of ether oxygens (including phenoxy) is 1. The Bertz CT molecular complexity index is 1220. The Morgan fingerprint density at radius 1 is 1.10 bits per heavy atom. The van der Waals surface area contributed by atoms with E-state index in [4.69, 9.17) is 10.5 Å². The Labute approximate surface area is 160 Å². The lowest BCUT2D eigenvalue weighted by atomic mass is 10.1. The summed E-state index contributed by atoms with van der Waals surface area (Å²) >= 11 is 0. The average molecular weight is 410 g/mol. The van der Waals surface area contributed by atoms with Crippen LogP contribution in [0.4, 0.5) is 23.2 Å². The van der Waals surface area contributed by atoms with Crippen LogP contribution in [0.1, 0.15) is 24.2 Å². The van der Waals surface area contributed by atoms with Gasteiger partial charge in [-0.1, -0.05) is 0 Å². The SMILES string of the molecule is CC(C)Oc1c(F)c(F)cc2c(=O)c(C(=O)O)cn(-c3cc(N)c(F)cc3F)c12. The van der Waals surface area contributed by atoms with Crippen LogP contribution in [0.5, 0.6) is 5.75 Å². The van der Waals surface area contributed by atoms with E-state index in [0.29, 0.717) is 18.3 Å². The molecule has 1 aromatic heterocycles. The predicted octanol–water partition coefficient (Wildman–Crippen LogP) is 3.61. The normalized spacial score (nSPS) is 11.3. The van der Waals surface area contributed by atoms with Gasteiger partial charge in [-0.15, -0.1) is 0 Å². The molecule has 1 heterocycles. The molecule has 0 aliphatic heterocycles. The third-order valence-electron chi connectivity index (χ3n) is 4.05. The van der Waals surface area contributed by atoms with Crippen molar-refractivity contribution in [2.24, 2.45) is 0 Å². The molecule has 0 amide bonds. The smallest absolute Gasteiger partial charge is 0.341 e. The van der Waals surface area contributed by atoms with Crippen LogP contribution in [0.2, 0.25) is 0 Å². The molecular formula is C19H14F4N2O4. The Morgan fingerprint density at radius 2 is 1.76 bits per heavy atom. The third kappa shape index (κ3) is 3.37. The van der Waals surface area contributed by atoms with Crippen LogP contribution in [-0.4, -0.2) is 21.7 Å². The van der Waals surface area contributed by atoms with E-state index in [0.717, 1.165) is 10.6 Å². The summed E-state index contributed by atoms with van der Waals surface area (Å²) in [7, 11) is 0. The number of aromatic nitrogens is 1. The second kappa shape index (κ2) is 7.12. The Morgan fingerprint density at radius 3 is 2.34 bits per heavy atom. The van der Waals surface area contributed by atoms with Gasteiger partial charge < -0.3 is 20.1 Å². The van der Waals surface area contributed by atoms with Crippen LogP contribution < -0.4 is 15.9 Å². The number of halogens is 4. The topological polar surface area (TPSA) is 94.5 Å². The zero-order chi connectivity index (χ0) is 21.6. The van der Waals surface area contributed by atoms with Crippen molar-refractivity contribution in [1.29, 1.82) is 0 Å². The molecule has 0 unspecified atom stereocenters. The largest absolute Gasteiger partial charge is 0.486 e. The maximum Gasteiger partial charge on any atom is 0.341 e. The maximum absolute atomic E-state index is 14.5. The van der Waals surface area contributed by atoms with Crippen LogP contribution in [-0.2, 0) is 0 Å². The van der Waals surface area contributed by atoms with Crippen molar-refractivity contribution in [1.82, 2.24) is 4.57 Å². The van der Waals surface area contributed by atoms with Gasteiger partial charge in [-0.2, -0.15) is 4.39 Å². The molecule has 152 valence electrons. The Kier molecular flexibility index (Phi) is 4.95. The number of hydrogen-bond donors (Lipinski definition) is 2. The van der Waals surface area contributed by atoms with Gasteiger partial charge in [0.15, 0.2) is 11.6 Å². The number of hydrogen-bond acceptors (Lipinski definition) is 4. The molecule has 0 spiro atoms. The molecule has 3 rings (SSSR count). The maximum atomic E-state index is 14.5. The van der Waals surface area contributed by atoms with Gasteiger partial charge in [-0.05, 0) is 26.0 Å². The van der Waals surface area contributed by atoms with Crippen molar-refractivity contribution in [3.63, 3.8) is 0 Å². The number of nitrogens with two attached hydrogens (primary N) is 1. The summed E-state index contributed by atoms with van der Waals surface area (Å²) < 4.78 is 62.8. The number of anilines is 1. The van der Waals surface area contributed by atoms with E-state index in [9.17, 15) is 32.3 Å². The first-order valence-electron chi connectivity index (χ1n) is 8.25. The average Bonchev–Trinajstić information content (AvgIpc) is 2.62. The molecule has 0 atom stereocenters. The molecule has 0 aliphatic carbocycles. The van der Waals surface area contributed by atoms with Crippen LogP contribution in [0.15, 0.2) is 29.2 Å². The molecule has 29 heavy (non-hydrogen) atoms. The van der Waals surface area contributed by atoms with E-state index < -0.39 is 74.4 Å². The fourth-order valence-electron chi connectivity index (χ4n) is 2.83. The molecule has 0 saturated heterocycles. The lowest BCUT2D eigenvalue weighted by Crippen LogP contribution is -2.21. The molecule has 0 aliphatic rings. The summed E-state index contributed by atoms with van der Waals surface area (Å²) in [6, 6.07) is 1.77. The number of aromatic carboxylic acids is 1. The van der Waals surface area contributed by atoms with E-state index >= 15 is 0 Å². The summed E-state index contributed by atoms with van der Waals surface area (Å²) in [6.07, 6.45) is 0.0353. The summed E-state index contributed by atoms with van der Waals surface area (Å²) in [6.45, 7) is 3.00. The van der Waals surface area contributed by atoms with Crippen molar-refractivity contribution < 1.29 is 32.2 Å². The standard InChI is InChI=1S/C19H14F4N2O4/c1-7(2)29-18-15(23)12(22)3-8-16(18)25(6-9(17(8)26)19(27)28)14-5-13(24)10(20)4-11(14)21/h3-7H,24H2,1-2H3,(H,27,28). The van der Waals surface area contributed by atoms with Crippen LogP contribution >= 0.6 is 0 Å². The van der Waals surface area contributed by atoms with E-state index in [-0.39, 0.29) is 0 Å². The van der Waals surface area contributed by atoms with Gasteiger partial charge in [0.25, 0.3) is 0 Å². The highest BCUT2D eigenvalue weighted by Gasteiger charge is 2.25. The minimum absolute atomic E-state index is 0.433. The Balaban J connectivity index is 2.59. The molecule has 0 saturated carbocycles. The van der Waals surface area contributed by atoms with Crippen molar-refractivity contribution in [3.8, 4) is 11.4 Å². The third-order valence-corrected chi connectivity index (χ3v) is 4.05. The molecule has 0 fully saturated rings. The number of carboxylic acid groups (broad SMARTS) is 1. The molecule has 3 N–H and O–H groups in total. The van der Waals surface area contributed by atoms with Crippen molar-refractivity contribution in [2.45, 2.75) is 20.0 Å². The number of carbonyl (C=O) groups is 1. The van der Waals surface area contributed by atoms with E-state index in [1.165, 1.54) is 13.8 Å². The number of fused-ring (bicyclic) bond motifs is 1. The predicted molar refractivity (Wildman–Crippen MR) is 96.5 cm³/mol. The molecule has 10 heteroatoms. The highest BCUT2D eigenvalue weighted by Crippen LogP contribution is 2.34. The zero-order valence-corrected chi connectivity index (χ0v) is 15.1. The summed E-state index contributed by atoms with van der Waals surface area (Å²) in [5.41, 5.74) is 2.08. The highest BCUT2D eigenvalue weighted by atomic mass is 19.2.